The van der Waals surface area contributed by atoms with E-state index in [4.69, 9.17) is 5.84 Å². The highest BCUT2D eigenvalue weighted by Gasteiger charge is 2.23. The fraction of sp³-hybridized carbons (Fsp3) is 0.625. The normalized spacial score (nSPS) is 19.7. The fourth-order valence-electron chi connectivity index (χ4n) is 3.19. The Hall–Kier alpha value is -0.930. The largest absolute Gasteiger partial charge is 0.271 e. The molecule has 1 aliphatic carbocycles. The summed E-state index contributed by atoms with van der Waals surface area (Å²) in [4.78, 5) is 0. The topological polar surface area (TPSA) is 38.0 Å². The number of hydrazine groups is 1. The molecule has 0 amide bonds. The van der Waals surface area contributed by atoms with Gasteiger partial charge in [-0.25, -0.2) is 4.39 Å². The molecule has 0 heterocycles. The number of benzene rings is 1. The van der Waals surface area contributed by atoms with Crippen LogP contribution < -0.4 is 11.3 Å². The summed E-state index contributed by atoms with van der Waals surface area (Å²) in [5.41, 5.74) is 4.78. The summed E-state index contributed by atoms with van der Waals surface area (Å²) in [5.74, 6) is 6.19. The van der Waals surface area contributed by atoms with Crippen molar-refractivity contribution in [1.29, 1.82) is 0 Å². The van der Waals surface area contributed by atoms with Gasteiger partial charge in [0.2, 0.25) is 0 Å². The van der Waals surface area contributed by atoms with Crippen LogP contribution in [0.2, 0.25) is 0 Å². The number of hydrogen-bond donors (Lipinski definition) is 2. The van der Waals surface area contributed by atoms with Crippen molar-refractivity contribution in [2.75, 3.05) is 0 Å². The van der Waals surface area contributed by atoms with Gasteiger partial charge >= 0.3 is 0 Å². The van der Waals surface area contributed by atoms with Crippen molar-refractivity contribution >= 4 is 0 Å². The van der Waals surface area contributed by atoms with E-state index in [1.165, 1.54) is 44.9 Å². The Morgan fingerprint density at radius 3 is 2.37 bits per heavy atom. The molecule has 0 spiro atoms. The third kappa shape index (κ3) is 3.77. The van der Waals surface area contributed by atoms with Gasteiger partial charge in [0.25, 0.3) is 0 Å². The summed E-state index contributed by atoms with van der Waals surface area (Å²) in [7, 11) is 0. The second kappa shape index (κ2) is 7.01. The van der Waals surface area contributed by atoms with Crippen LogP contribution in [0.25, 0.3) is 0 Å². The lowest BCUT2D eigenvalue weighted by molar-refractivity contribution is 0.290. The van der Waals surface area contributed by atoms with E-state index in [0.717, 1.165) is 5.56 Å². The van der Waals surface area contributed by atoms with Gasteiger partial charge in [-0.2, -0.15) is 0 Å². The molecule has 0 aromatic heterocycles. The van der Waals surface area contributed by atoms with Crippen LogP contribution in [0.5, 0.6) is 0 Å². The van der Waals surface area contributed by atoms with Crippen molar-refractivity contribution in [2.24, 2.45) is 11.8 Å². The summed E-state index contributed by atoms with van der Waals surface area (Å²) >= 11 is 0. The van der Waals surface area contributed by atoms with E-state index >= 15 is 0 Å². The molecule has 1 fully saturated rings. The van der Waals surface area contributed by atoms with Gasteiger partial charge in [0.05, 0.1) is 0 Å². The Balaban J connectivity index is 2.14. The maximum absolute atomic E-state index is 13.4. The zero-order valence-electron chi connectivity index (χ0n) is 11.8. The predicted octanol–water partition coefficient (Wildman–Crippen LogP) is 4.00. The summed E-state index contributed by atoms with van der Waals surface area (Å²) in [5, 5.41) is 0. The molecule has 106 valence electrons. The first-order valence-electron chi connectivity index (χ1n) is 7.44. The summed E-state index contributed by atoms with van der Waals surface area (Å²) in [6.07, 6.45) is 9.01. The summed E-state index contributed by atoms with van der Waals surface area (Å²) in [6, 6.07) is 5.50. The van der Waals surface area contributed by atoms with E-state index in [0.29, 0.717) is 11.5 Å². The molecule has 1 unspecified atom stereocenters. The molecule has 1 aromatic carbocycles. The molecule has 1 atom stereocenters. The standard InChI is InChI=1S/C16H25FN2/c1-12-11-14(9-10-15(12)17)16(19-18)13-7-5-3-2-4-6-8-13/h9-11,13,16,19H,2-8,18H2,1H3. The lowest BCUT2D eigenvalue weighted by Crippen LogP contribution is -2.34. The summed E-state index contributed by atoms with van der Waals surface area (Å²) < 4.78 is 13.4. The fourth-order valence-corrected chi connectivity index (χ4v) is 3.19. The molecule has 0 radical (unpaired) electrons. The van der Waals surface area contributed by atoms with Crippen LogP contribution in [0, 0.1) is 18.7 Å². The minimum atomic E-state index is -0.141. The van der Waals surface area contributed by atoms with Gasteiger partial charge in [0.1, 0.15) is 5.82 Å². The van der Waals surface area contributed by atoms with Crippen molar-refractivity contribution in [3.8, 4) is 0 Å². The molecule has 0 saturated heterocycles. The van der Waals surface area contributed by atoms with Crippen LogP contribution in [0.1, 0.15) is 62.1 Å². The van der Waals surface area contributed by atoms with Gasteiger partial charge in [0, 0.05) is 6.04 Å². The van der Waals surface area contributed by atoms with E-state index in [1.807, 2.05) is 19.1 Å². The van der Waals surface area contributed by atoms with Crippen LogP contribution >= 0.6 is 0 Å². The first kappa shape index (κ1) is 14.5. The van der Waals surface area contributed by atoms with Gasteiger partial charge < -0.3 is 0 Å². The first-order chi connectivity index (χ1) is 9.22. The monoisotopic (exact) mass is 264 g/mol. The molecule has 3 heteroatoms. The van der Waals surface area contributed by atoms with Crippen LogP contribution in [-0.4, -0.2) is 0 Å². The molecule has 2 nitrogen and oxygen atoms in total. The molecular weight excluding hydrogens is 239 g/mol. The number of aryl methyl sites for hydroxylation is 1. The van der Waals surface area contributed by atoms with E-state index in [-0.39, 0.29) is 11.9 Å². The van der Waals surface area contributed by atoms with Crippen LogP contribution in [0.15, 0.2) is 18.2 Å². The Labute approximate surface area is 115 Å². The van der Waals surface area contributed by atoms with Gasteiger partial charge in [0.15, 0.2) is 0 Å². The summed E-state index contributed by atoms with van der Waals surface area (Å²) in [6.45, 7) is 1.81. The zero-order valence-corrected chi connectivity index (χ0v) is 11.8. The third-order valence-electron chi connectivity index (χ3n) is 4.34. The smallest absolute Gasteiger partial charge is 0.126 e. The number of rotatable bonds is 3. The third-order valence-corrected chi connectivity index (χ3v) is 4.34. The van der Waals surface area contributed by atoms with E-state index in [1.54, 1.807) is 6.07 Å². The molecule has 19 heavy (non-hydrogen) atoms. The molecular formula is C16H25FN2. The van der Waals surface area contributed by atoms with Gasteiger partial charge in [-0.1, -0.05) is 44.2 Å². The van der Waals surface area contributed by atoms with E-state index < -0.39 is 0 Å². The molecule has 0 aliphatic heterocycles. The number of hydrogen-bond acceptors (Lipinski definition) is 2. The van der Waals surface area contributed by atoms with Crippen molar-refractivity contribution in [3.05, 3.63) is 35.1 Å². The average Bonchev–Trinajstić information content (AvgIpc) is 2.36. The quantitative estimate of drug-likeness (QED) is 0.639. The van der Waals surface area contributed by atoms with Crippen LogP contribution in [0.4, 0.5) is 4.39 Å². The second-order valence-electron chi connectivity index (χ2n) is 5.76. The average molecular weight is 264 g/mol. The van der Waals surface area contributed by atoms with Crippen LogP contribution in [-0.2, 0) is 0 Å². The first-order valence-corrected chi connectivity index (χ1v) is 7.44. The molecule has 3 N–H and O–H groups in total. The van der Waals surface area contributed by atoms with Crippen molar-refractivity contribution in [3.63, 3.8) is 0 Å². The van der Waals surface area contributed by atoms with Crippen LogP contribution in [0.3, 0.4) is 0 Å². The number of halogens is 1. The molecule has 1 aliphatic rings. The minimum absolute atomic E-state index is 0.141. The van der Waals surface area contributed by atoms with E-state index in [9.17, 15) is 4.39 Å². The van der Waals surface area contributed by atoms with Crippen molar-refractivity contribution < 1.29 is 4.39 Å². The number of nitrogens with one attached hydrogen (secondary N) is 1. The lowest BCUT2D eigenvalue weighted by Gasteiger charge is -2.29. The molecule has 1 saturated carbocycles. The molecule has 0 bridgehead atoms. The van der Waals surface area contributed by atoms with Gasteiger partial charge in [-0.3, -0.25) is 11.3 Å². The highest BCUT2D eigenvalue weighted by molar-refractivity contribution is 5.27. The molecule has 1 aromatic rings. The maximum atomic E-state index is 13.4. The highest BCUT2D eigenvalue weighted by atomic mass is 19.1. The Morgan fingerprint density at radius 2 is 1.79 bits per heavy atom. The minimum Gasteiger partial charge on any atom is -0.271 e. The Morgan fingerprint density at radius 1 is 1.16 bits per heavy atom. The Kier molecular flexibility index (Phi) is 5.34. The number of nitrogens with two attached hydrogens (primary N) is 1. The van der Waals surface area contributed by atoms with Crippen molar-refractivity contribution in [2.45, 2.75) is 57.9 Å². The highest BCUT2D eigenvalue weighted by Crippen LogP contribution is 2.33. The van der Waals surface area contributed by atoms with Crippen molar-refractivity contribution in [1.82, 2.24) is 5.43 Å². The molecule has 2 rings (SSSR count). The SMILES string of the molecule is Cc1cc(C(NN)C2CCCCCCC2)ccc1F. The van der Waals surface area contributed by atoms with E-state index in [2.05, 4.69) is 5.43 Å². The van der Waals surface area contributed by atoms with Gasteiger partial charge in [-0.15, -0.1) is 0 Å². The lowest BCUT2D eigenvalue weighted by atomic mass is 9.83. The zero-order chi connectivity index (χ0) is 13.7. The maximum Gasteiger partial charge on any atom is 0.126 e. The second-order valence-corrected chi connectivity index (χ2v) is 5.76. The Bertz CT molecular complexity index is 398. The van der Waals surface area contributed by atoms with Gasteiger partial charge in [-0.05, 0) is 42.9 Å². The predicted molar refractivity (Wildman–Crippen MR) is 77.0 cm³/mol.